The minimum Gasteiger partial charge on any atom is -0.399 e. The van der Waals surface area contributed by atoms with E-state index in [4.69, 9.17) is 10.3 Å². The molecule has 1 aromatic carbocycles. The standard InChI is InChI=1S/C17H23N3O/c1-12-11-14(9-10-15(12)18)17-19-16(20-21-17)13-7-5-3-2-4-6-8-13/h9-11,13H,2-8,18H2,1H3. The number of anilines is 1. The topological polar surface area (TPSA) is 64.9 Å². The summed E-state index contributed by atoms with van der Waals surface area (Å²) in [6.07, 6.45) is 8.94. The molecule has 2 aromatic rings. The third kappa shape index (κ3) is 3.26. The van der Waals surface area contributed by atoms with Crippen LogP contribution < -0.4 is 5.73 Å². The summed E-state index contributed by atoms with van der Waals surface area (Å²) in [4.78, 5) is 4.63. The van der Waals surface area contributed by atoms with Crippen LogP contribution in [0.4, 0.5) is 5.69 Å². The first-order valence-corrected chi connectivity index (χ1v) is 7.94. The van der Waals surface area contributed by atoms with E-state index in [9.17, 15) is 0 Å². The van der Waals surface area contributed by atoms with Crippen molar-refractivity contribution in [3.8, 4) is 11.5 Å². The summed E-state index contributed by atoms with van der Waals surface area (Å²) in [5, 5.41) is 4.22. The van der Waals surface area contributed by atoms with Crippen molar-refractivity contribution in [3.05, 3.63) is 29.6 Å². The van der Waals surface area contributed by atoms with E-state index >= 15 is 0 Å². The van der Waals surface area contributed by atoms with Gasteiger partial charge in [0.05, 0.1) is 0 Å². The molecule has 1 aliphatic carbocycles. The van der Waals surface area contributed by atoms with Gasteiger partial charge in [-0.15, -0.1) is 0 Å². The van der Waals surface area contributed by atoms with E-state index in [1.807, 2.05) is 25.1 Å². The fourth-order valence-corrected chi connectivity index (χ4v) is 3.04. The highest BCUT2D eigenvalue weighted by Gasteiger charge is 2.20. The van der Waals surface area contributed by atoms with Gasteiger partial charge >= 0.3 is 0 Å². The van der Waals surface area contributed by atoms with Gasteiger partial charge in [0, 0.05) is 17.2 Å². The maximum Gasteiger partial charge on any atom is 0.257 e. The normalized spacial score (nSPS) is 17.4. The number of nitrogen functional groups attached to an aromatic ring is 1. The van der Waals surface area contributed by atoms with E-state index in [-0.39, 0.29) is 0 Å². The van der Waals surface area contributed by atoms with Gasteiger partial charge < -0.3 is 10.3 Å². The Labute approximate surface area is 125 Å². The van der Waals surface area contributed by atoms with Crippen molar-refractivity contribution in [1.82, 2.24) is 10.1 Å². The predicted molar refractivity (Wildman–Crippen MR) is 83.9 cm³/mol. The molecule has 1 aliphatic rings. The van der Waals surface area contributed by atoms with Gasteiger partial charge in [0.1, 0.15) is 0 Å². The third-order valence-electron chi connectivity index (χ3n) is 4.43. The molecule has 1 fully saturated rings. The first-order valence-electron chi connectivity index (χ1n) is 7.94. The summed E-state index contributed by atoms with van der Waals surface area (Å²) in [6, 6.07) is 5.84. The number of aromatic nitrogens is 2. The highest BCUT2D eigenvalue weighted by atomic mass is 16.5. The number of benzene rings is 1. The average molecular weight is 285 g/mol. The molecule has 4 heteroatoms. The zero-order chi connectivity index (χ0) is 14.7. The first kappa shape index (κ1) is 14.1. The molecule has 112 valence electrons. The quantitative estimate of drug-likeness (QED) is 0.828. The molecule has 0 amide bonds. The van der Waals surface area contributed by atoms with E-state index in [1.54, 1.807) is 0 Å². The van der Waals surface area contributed by atoms with Crippen LogP contribution in [0.2, 0.25) is 0 Å². The molecule has 4 nitrogen and oxygen atoms in total. The summed E-state index contributed by atoms with van der Waals surface area (Å²) < 4.78 is 5.47. The molecular weight excluding hydrogens is 262 g/mol. The maximum absolute atomic E-state index is 5.85. The Kier molecular flexibility index (Phi) is 4.23. The van der Waals surface area contributed by atoms with Crippen LogP contribution in [-0.4, -0.2) is 10.1 Å². The summed E-state index contributed by atoms with van der Waals surface area (Å²) in [7, 11) is 0. The molecule has 1 heterocycles. The van der Waals surface area contributed by atoms with E-state index in [1.165, 1.54) is 44.9 Å². The van der Waals surface area contributed by atoms with E-state index < -0.39 is 0 Å². The van der Waals surface area contributed by atoms with Gasteiger partial charge in [-0.05, 0) is 43.5 Å². The Bertz CT molecular complexity index is 598. The van der Waals surface area contributed by atoms with E-state index in [0.29, 0.717) is 11.8 Å². The van der Waals surface area contributed by atoms with Crippen molar-refractivity contribution < 1.29 is 4.52 Å². The Balaban J connectivity index is 1.79. The van der Waals surface area contributed by atoms with Gasteiger partial charge in [0.15, 0.2) is 5.82 Å². The van der Waals surface area contributed by atoms with Gasteiger partial charge in [0.2, 0.25) is 0 Å². The lowest BCUT2D eigenvalue weighted by atomic mass is 9.91. The number of nitrogens with two attached hydrogens (primary N) is 1. The van der Waals surface area contributed by atoms with Crippen LogP contribution in [0.3, 0.4) is 0 Å². The highest BCUT2D eigenvalue weighted by molar-refractivity contribution is 5.60. The second-order valence-corrected chi connectivity index (χ2v) is 6.07. The van der Waals surface area contributed by atoms with Gasteiger partial charge in [-0.2, -0.15) is 4.98 Å². The zero-order valence-electron chi connectivity index (χ0n) is 12.6. The smallest absolute Gasteiger partial charge is 0.257 e. The lowest BCUT2D eigenvalue weighted by Gasteiger charge is -2.15. The van der Waals surface area contributed by atoms with Crippen LogP contribution in [0, 0.1) is 6.92 Å². The molecule has 1 saturated carbocycles. The molecule has 0 saturated heterocycles. The number of hydrogen-bond donors (Lipinski definition) is 1. The van der Waals surface area contributed by atoms with Crippen molar-refractivity contribution in [1.29, 1.82) is 0 Å². The lowest BCUT2D eigenvalue weighted by molar-refractivity contribution is 0.393. The summed E-state index contributed by atoms with van der Waals surface area (Å²) in [5.74, 6) is 1.94. The molecule has 0 radical (unpaired) electrons. The lowest BCUT2D eigenvalue weighted by Crippen LogP contribution is -2.04. The van der Waals surface area contributed by atoms with Crippen LogP contribution in [0.15, 0.2) is 22.7 Å². The van der Waals surface area contributed by atoms with Gasteiger partial charge in [0.25, 0.3) is 5.89 Å². The van der Waals surface area contributed by atoms with E-state index in [0.717, 1.165) is 22.6 Å². The fraction of sp³-hybridized carbons (Fsp3) is 0.529. The molecule has 0 spiro atoms. The third-order valence-corrected chi connectivity index (χ3v) is 4.43. The Hall–Kier alpha value is -1.84. The fourth-order valence-electron chi connectivity index (χ4n) is 3.04. The van der Waals surface area contributed by atoms with Crippen LogP contribution in [0.5, 0.6) is 0 Å². The van der Waals surface area contributed by atoms with Gasteiger partial charge in [-0.25, -0.2) is 0 Å². The highest BCUT2D eigenvalue weighted by Crippen LogP contribution is 2.31. The first-order chi connectivity index (χ1) is 10.2. The number of aryl methyl sites for hydroxylation is 1. The predicted octanol–water partition coefficient (Wildman–Crippen LogP) is 4.46. The van der Waals surface area contributed by atoms with Crippen molar-refractivity contribution >= 4 is 5.69 Å². The van der Waals surface area contributed by atoms with Gasteiger partial charge in [-0.3, -0.25) is 0 Å². The Morgan fingerprint density at radius 1 is 1.10 bits per heavy atom. The van der Waals surface area contributed by atoms with Crippen LogP contribution in [-0.2, 0) is 0 Å². The summed E-state index contributed by atoms with van der Waals surface area (Å²) in [5.41, 5.74) is 8.63. The second kappa shape index (κ2) is 6.29. The number of rotatable bonds is 2. The van der Waals surface area contributed by atoms with Crippen LogP contribution in [0.1, 0.15) is 62.3 Å². The minimum atomic E-state index is 0.456. The largest absolute Gasteiger partial charge is 0.399 e. The summed E-state index contributed by atoms with van der Waals surface area (Å²) in [6.45, 7) is 1.99. The van der Waals surface area contributed by atoms with Crippen LogP contribution >= 0.6 is 0 Å². The summed E-state index contributed by atoms with van der Waals surface area (Å²) >= 11 is 0. The monoisotopic (exact) mass is 285 g/mol. The average Bonchev–Trinajstić information content (AvgIpc) is 2.91. The molecule has 2 N–H and O–H groups in total. The number of nitrogens with zero attached hydrogens (tertiary/aromatic N) is 2. The molecule has 0 unspecified atom stereocenters. The molecule has 21 heavy (non-hydrogen) atoms. The van der Waals surface area contributed by atoms with Crippen molar-refractivity contribution in [2.75, 3.05) is 5.73 Å². The second-order valence-electron chi connectivity index (χ2n) is 6.07. The van der Waals surface area contributed by atoms with E-state index in [2.05, 4.69) is 10.1 Å². The zero-order valence-corrected chi connectivity index (χ0v) is 12.6. The SMILES string of the molecule is Cc1cc(-c2nc(C3CCCCCCC3)no2)ccc1N. The Morgan fingerprint density at radius 3 is 2.52 bits per heavy atom. The minimum absolute atomic E-state index is 0.456. The molecule has 3 rings (SSSR count). The van der Waals surface area contributed by atoms with Crippen molar-refractivity contribution in [2.45, 2.75) is 57.8 Å². The molecule has 0 atom stereocenters. The Morgan fingerprint density at radius 2 is 1.81 bits per heavy atom. The van der Waals surface area contributed by atoms with Gasteiger partial charge in [-0.1, -0.05) is 37.3 Å². The maximum atomic E-state index is 5.85. The molecule has 0 aliphatic heterocycles. The number of hydrogen-bond acceptors (Lipinski definition) is 4. The molecule has 1 aromatic heterocycles. The molecular formula is C17H23N3O. The van der Waals surface area contributed by atoms with Crippen molar-refractivity contribution in [2.24, 2.45) is 0 Å². The van der Waals surface area contributed by atoms with Crippen LogP contribution in [0.25, 0.3) is 11.5 Å². The molecule has 0 bridgehead atoms. The van der Waals surface area contributed by atoms with Crippen molar-refractivity contribution in [3.63, 3.8) is 0 Å².